The van der Waals surface area contributed by atoms with Crippen LogP contribution in [0.5, 0.6) is 11.5 Å². The van der Waals surface area contributed by atoms with Crippen molar-refractivity contribution in [2.75, 3.05) is 44.5 Å². The summed E-state index contributed by atoms with van der Waals surface area (Å²) < 4.78 is 13.5. The highest BCUT2D eigenvalue weighted by Crippen LogP contribution is 2.53. The number of hydrogen-bond acceptors (Lipinski definition) is 12. The van der Waals surface area contributed by atoms with E-state index in [1.54, 1.807) is 21.6 Å². The van der Waals surface area contributed by atoms with E-state index in [0.29, 0.717) is 55.5 Å². The summed E-state index contributed by atoms with van der Waals surface area (Å²) in [6.45, 7) is 2.73. The largest absolute Gasteiger partial charge is 0.504 e. The number of phenolic OH excluding ortho intramolecular Hbond substituents is 1. The fourth-order valence-electron chi connectivity index (χ4n) is 13.1. The first kappa shape index (κ1) is 51.1. The van der Waals surface area contributed by atoms with E-state index in [1.807, 2.05) is 24.4 Å². The summed E-state index contributed by atoms with van der Waals surface area (Å²) in [5.74, 6) is 8.92. The molecule has 13 atom stereocenters. The molecule has 0 radical (unpaired) electrons. The van der Waals surface area contributed by atoms with Crippen molar-refractivity contribution in [2.24, 2.45) is 46.7 Å². The summed E-state index contributed by atoms with van der Waals surface area (Å²) in [4.78, 5) is 3.38. The van der Waals surface area contributed by atoms with E-state index in [2.05, 4.69) is 77.6 Å². The van der Waals surface area contributed by atoms with E-state index in [0.717, 1.165) is 79.3 Å². The Morgan fingerprint density at radius 3 is 2.57 bits per heavy atom. The molecule has 0 unspecified atom stereocenters. The molecule has 4 aliphatic carbocycles. The molecule has 9 rings (SSSR count). The predicted octanol–water partition coefficient (Wildman–Crippen LogP) is 7.89. The molecule has 70 heavy (non-hydrogen) atoms. The number of hydrogen-bond donors (Lipinski definition) is 9. The fourth-order valence-corrected chi connectivity index (χ4v) is 15.7. The molecule has 3 heterocycles. The molecule has 1 saturated carbocycles. The van der Waals surface area contributed by atoms with Crippen LogP contribution in [0, 0.1) is 52.8 Å². The number of ether oxygens (including phenoxy) is 2. The zero-order valence-electron chi connectivity index (χ0n) is 40.7. The van der Waals surface area contributed by atoms with E-state index >= 15 is 0 Å². The Balaban J connectivity index is 1.10. The lowest BCUT2D eigenvalue weighted by Crippen LogP contribution is -2.42. The normalized spacial score (nSPS) is 33.8. The minimum Gasteiger partial charge on any atom is -0.504 e. The summed E-state index contributed by atoms with van der Waals surface area (Å²) >= 11 is 0. The molecule has 3 aromatic rings. The maximum atomic E-state index is 12.8. The molecular formula is C57H75N3O8S2. The van der Waals surface area contributed by atoms with Gasteiger partial charge in [-0.25, -0.2) is 0 Å². The molecule has 0 amide bonds. The number of H-pyrrole nitrogens is 1. The van der Waals surface area contributed by atoms with Crippen LogP contribution in [0.1, 0.15) is 105 Å². The Morgan fingerprint density at radius 2 is 1.80 bits per heavy atom. The number of aromatic hydroxyl groups is 1. The van der Waals surface area contributed by atoms with Crippen LogP contribution in [0.4, 0.5) is 0 Å². The molecule has 2 aliphatic heterocycles. The predicted molar refractivity (Wildman–Crippen MR) is 279 cm³/mol. The number of nitrogens with one attached hydrogen (secondary N) is 2. The standard InChI is InChI=1S/C57H75N3O8S2/c1-2-35-23-39-26-49(64)52(68-53-27-40(24-43-11-8-19-59-43)44-16-20-60-56(58)48(44)34-70-69-33-41(31-62)55(53)66)29-46(39)47-28-50(65)54-37(25-45(35)47)15-18-57(17-7-6-12-51(54)67-22-21-61)30-38(13-14-42(57)32-63)36-9-4-3-5-10-36/h3-5,8-11,16,19,25-26,29,35,37-38,40-42,47,50-51,53-55,59-66H,2,6-7,12-14,17,20-24,27-28,30-34,58H2,1H3/t35-,37+,38+,40-,41+,42-,47-,50-,51+,53+,54+,55+,57-/m1/s1. The molecular weight excluding hydrogens is 919 g/mol. The van der Waals surface area contributed by atoms with E-state index in [4.69, 9.17) is 15.2 Å². The van der Waals surface area contributed by atoms with Crippen LogP contribution in [0.25, 0.3) is 0 Å². The third kappa shape index (κ3) is 11.1. The molecule has 11 nitrogen and oxygen atoms in total. The monoisotopic (exact) mass is 993 g/mol. The van der Waals surface area contributed by atoms with Crippen molar-refractivity contribution in [2.45, 2.75) is 120 Å². The first-order valence-electron chi connectivity index (χ1n) is 26.0. The Morgan fingerprint density at radius 1 is 0.943 bits per heavy atom. The highest BCUT2D eigenvalue weighted by Gasteiger charge is 2.47. The van der Waals surface area contributed by atoms with Gasteiger partial charge in [0.05, 0.1) is 31.5 Å². The van der Waals surface area contributed by atoms with Crippen LogP contribution in [-0.2, 0) is 17.6 Å². The van der Waals surface area contributed by atoms with E-state index < -0.39 is 24.2 Å². The van der Waals surface area contributed by atoms with Crippen LogP contribution in [0.15, 0.2) is 95.5 Å². The van der Waals surface area contributed by atoms with Gasteiger partial charge in [0.15, 0.2) is 11.5 Å². The van der Waals surface area contributed by atoms with Gasteiger partial charge in [-0.2, -0.15) is 0 Å². The van der Waals surface area contributed by atoms with Crippen LogP contribution in [-0.4, -0.2) is 105 Å². The second-order valence-corrected chi connectivity index (χ2v) is 23.4. The smallest absolute Gasteiger partial charge is 0.161 e. The molecule has 1 aromatic heterocycles. The first-order valence-corrected chi connectivity index (χ1v) is 28.5. The SMILES string of the molecule is CC[C@@H]1Cc2cc(O)c(O[C@H]3C[C@@H](Cc4ccc[nH]4)C4=CCNC(N)=C4CSSC[C@H](CO)[C@@H]3O)cc2[C@@H]2C[C@@H](O)[C@H]3[C@@H](OCCO)CCCC[C@@]4(C#C[C@H]3C=C12)C[C@@H](c1ccccc1)CC[C@@H]4CO. The number of benzene rings is 2. The van der Waals surface area contributed by atoms with Gasteiger partial charge in [0.25, 0.3) is 0 Å². The number of phenols is 1. The molecule has 2 aromatic carbocycles. The minimum absolute atomic E-state index is 0.00321. The van der Waals surface area contributed by atoms with Crippen molar-refractivity contribution in [1.29, 1.82) is 0 Å². The number of aliphatic hydroxyl groups excluding tert-OH is 5. The van der Waals surface area contributed by atoms with Crippen molar-refractivity contribution < 1.29 is 40.1 Å². The molecule has 13 heteroatoms. The van der Waals surface area contributed by atoms with Gasteiger partial charge < -0.3 is 56.1 Å². The van der Waals surface area contributed by atoms with Gasteiger partial charge in [0.2, 0.25) is 0 Å². The van der Waals surface area contributed by atoms with Gasteiger partial charge in [-0.05, 0) is 134 Å². The van der Waals surface area contributed by atoms with Crippen molar-refractivity contribution in [3.8, 4) is 23.3 Å². The molecule has 1 spiro atoms. The summed E-state index contributed by atoms with van der Waals surface area (Å²) in [6, 6.07) is 18.6. The van der Waals surface area contributed by atoms with E-state index in [1.165, 1.54) is 11.1 Å². The summed E-state index contributed by atoms with van der Waals surface area (Å²) in [7, 11) is 3.27. The lowest BCUT2D eigenvalue weighted by Gasteiger charge is -2.44. The summed E-state index contributed by atoms with van der Waals surface area (Å²) in [5, 5.41) is 72.0. The van der Waals surface area contributed by atoms with Crippen LogP contribution < -0.4 is 15.8 Å². The van der Waals surface area contributed by atoms with Crippen molar-refractivity contribution >= 4 is 21.6 Å². The fraction of sp³-hybridized carbons (Fsp3) is 0.579. The highest BCUT2D eigenvalue weighted by molar-refractivity contribution is 8.76. The number of allylic oxidation sites excluding steroid dienone is 3. The Kier molecular flexibility index (Phi) is 17.0. The average Bonchev–Trinajstić information content (AvgIpc) is 3.83. The van der Waals surface area contributed by atoms with Gasteiger partial charge >= 0.3 is 0 Å². The second kappa shape index (κ2) is 23.4. The molecule has 6 aliphatic rings. The maximum absolute atomic E-state index is 12.8. The number of aromatic nitrogens is 1. The second-order valence-electron chi connectivity index (χ2n) is 20.9. The minimum atomic E-state index is -1.05. The number of aliphatic hydroxyl groups is 5. The highest BCUT2D eigenvalue weighted by atomic mass is 33.1. The van der Waals surface area contributed by atoms with Crippen molar-refractivity contribution in [3.05, 3.63) is 118 Å². The van der Waals surface area contributed by atoms with Crippen LogP contribution >= 0.6 is 21.6 Å². The van der Waals surface area contributed by atoms with Crippen LogP contribution in [0.2, 0.25) is 0 Å². The average molecular weight is 994 g/mol. The van der Waals surface area contributed by atoms with Gasteiger partial charge in [0, 0.05) is 77.8 Å². The summed E-state index contributed by atoms with van der Waals surface area (Å²) in [6.07, 6.45) is 12.8. The number of dihydropyridines is 1. The number of rotatable bonds is 11. The molecule has 378 valence electrons. The lowest BCUT2D eigenvalue weighted by molar-refractivity contribution is -0.0609. The lowest BCUT2D eigenvalue weighted by atomic mass is 9.59. The quantitative estimate of drug-likeness (QED) is 0.0514. The third-order valence-electron chi connectivity index (χ3n) is 16.9. The number of fused-ring (bicyclic) bond motifs is 5. The Labute approximate surface area is 422 Å². The van der Waals surface area contributed by atoms with Gasteiger partial charge in [0.1, 0.15) is 11.9 Å². The van der Waals surface area contributed by atoms with E-state index in [9.17, 15) is 30.6 Å². The molecule has 2 fully saturated rings. The van der Waals surface area contributed by atoms with Crippen LogP contribution in [0.3, 0.4) is 0 Å². The molecule has 10 N–H and O–H groups in total. The number of aromatic amines is 1. The van der Waals surface area contributed by atoms with Gasteiger partial charge in [-0.15, -0.1) is 0 Å². The van der Waals surface area contributed by atoms with Gasteiger partial charge in [-0.3, -0.25) is 0 Å². The van der Waals surface area contributed by atoms with E-state index in [-0.39, 0.29) is 85.0 Å². The van der Waals surface area contributed by atoms with Crippen molar-refractivity contribution in [3.63, 3.8) is 0 Å². The third-order valence-corrected chi connectivity index (χ3v) is 19.3. The zero-order chi connectivity index (χ0) is 48.8. The Bertz CT molecular complexity index is 2380. The van der Waals surface area contributed by atoms with Gasteiger partial charge in [-0.1, -0.05) is 101 Å². The maximum Gasteiger partial charge on any atom is 0.161 e. The zero-order valence-corrected chi connectivity index (χ0v) is 42.3. The van der Waals surface area contributed by atoms with Crippen molar-refractivity contribution in [1.82, 2.24) is 10.3 Å². The molecule has 0 bridgehead atoms. The topological polar surface area (TPSA) is 194 Å². The molecule has 1 saturated heterocycles. The summed E-state index contributed by atoms with van der Waals surface area (Å²) in [5.41, 5.74) is 14.0. The number of nitrogens with two attached hydrogens (primary N) is 1. The first-order chi connectivity index (χ1) is 34.1. The Hall–Kier alpha value is -3.84.